The fraction of sp³-hybridized carbons (Fsp3) is 0.333. The monoisotopic (exact) mass is 113 g/mol. The van der Waals surface area contributed by atoms with Gasteiger partial charge in [0.25, 0.3) is 0 Å². The summed E-state index contributed by atoms with van der Waals surface area (Å²) in [4.78, 5) is 2.85. The summed E-state index contributed by atoms with van der Waals surface area (Å²) in [6.45, 7) is -0.266. The van der Waals surface area contributed by atoms with E-state index in [4.69, 9.17) is 0 Å². The van der Waals surface area contributed by atoms with E-state index in [0.29, 0.717) is 6.42 Å². The maximum Gasteiger partial charge on any atom is 0.0935 e. The van der Waals surface area contributed by atoms with Crippen LogP contribution in [0, 0.1) is 0 Å². The maximum atomic E-state index is 11.5. The van der Waals surface area contributed by atoms with Crippen molar-refractivity contribution < 1.29 is 4.39 Å². The number of halogens is 1. The third-order valence-electron chi connectivity index (χ3n) is 1.05. The summed E-state index contributed by atoms with van der Waals surface area (Å²) in [6, 6.07) is 1.87. The number of alkyl halides is 1. The summed E-state index contributed by atoms with van der Waals surface area (Å²) in [6.07, 6.45) is 4.13. The first-order chi connectivity index (χ1) is 3.93. The normalized spacial score (nSPS) is 9.62. The molecule has 0 atom stereocenters. The largest absolute Gasteiger partial charge is 0.367 e. The molecule has 0 unspecified atom stereocenters. The molecule has 0 aromatic carbocycles. The lowest BCUT2D eigenvalue weighted by Gasteiger charge is -1.83. The Morgan fingerprint density at radius 1 is 1.62 bits per heavy atom. The van der Waals surface area contributed by atoms with Gasteiger partial charge in [-0.3, -0.25) is 4.39 Å². The average molecular weight is 113 g/mol. The van der Waals surface area contributed by atoms with Gasteiger partial charge in [-0.15, -0.1) is 0 Å². The second-order valence-corrected chi connectivity index (χ2v) is 1.66. The number of H-pyrrole nitrogens is 1. The minimum Gasteiger partial charge on any atom is -0.367 e. The Morgan fingerprint density at radius 3 is 3.00 bits per heavy atom. The van der Waals surface area contributed by atoms with Crippen LogP contribution in [0.4, 0.5) is 4.39 Å². The van der Waals surface area contributed by atoms with Crippen LogP contribution in [0.25, 0.3) is 0 Å². The summed E-state index contributed by atoms with van der Waals surface area (Å²) in [5, 5.41) is 0. The average Bonchev–Trinajstić information content (AvgIpc) is 2.19. The number of aryl methyl sites for hydroxylation is 1. The van der Waals surface area contributed by atoms with Gasteiger partial charge in [-0.25, -0.2) is 0 Å². The minimum atomic E-state index is -0.266. The van der Waals surface area contributed by atoms with Gasteiger partial charge in [-0.1, -0.05) is 0 Å². The van der Waals surface area contributed by atoms with Gasteiger partial charge in [0.05, 0.1) is 6.67 Å². The van der Waals surface area contributed by atoms with E-state index in [2.05, 4.69) is 4.98 Å². The minimum absolute atomic E-state index is 0.266. The Labute approximate surface area is 47.5 Å². The Bertz CT molecular complexity index is 134. The van der Waals surface area contributed by atoms with Gasteiger partial charge in [0.2, 0.25) is 0 Å². The van der Waals surface area contributed by atoms with Crippen LogP contribution in [0.2, 0.25) is 0 Å². The highest BCUT2D eigenvalue weighted by Gasteiger charge is 1.87. The van der Waals surface area contributed by atoms with Crippen molar-refractivity contribution in [2.24, 2.45) is 0 Å². The molecule has 0 aliphatic carbocycles. The molecule has 0 bridgehead atoms. The van der Waals surface area contributed by atoms with E-state index >= 15 is 0 Å². The third kappa shape index (κ3) is 1.09. The van der Waals surface area contributed by atoms with Crippen LogP contribution in [0.5, 0.6) is 0 Å². The first-order valence-corrected chi connectivity index (χ1v) is 2.61. The highest BCUT2D eigenvalue weighted by atomic mass is 19.1. The summed E-state index contributed by atoms with van der Waals surface area (Å²) in [5.41, 5.74) is 1.03. The molecule has 0 saturated carbocycles. The van der Waals surface area contributed by atoms with E-state index in [1.807, 2.05) is 6.07 Å². The Balaban J connectivity index is 2.50. The smallest absolute Gasteiger partial charge is 0.0935 e. The molecule has 44 valence electrons. The number of hydrogen-bond donors (Lipinski definition) is 1. The summed E-state index contributed by atoms with van der Waals surface area (Å²) in [7, 11) is 0. The molecular formula is C6H8FN. The van der Waals surface area contributed by atoms with E-state index in [-0.39, 0.29) is 6.67 Å². The quantitative estimate of drug-likeness (QED) is 0.598. The van der Waals surface area contributed by atoms with Crippen molar-refractivity contribution in [3.8, 4) is 0 Å². The molecular weight excluding hydrogens is 105 g/mol. The molecule has 0 saturated heterocycles. The zero-order chi connectivity index (χ0) is 5.82. The molecule has 0 radical (unpaired) electrons. The Morgan fingerprint density at radius 2 is 2.50 bits per heavy atom. The van der Waals surface area contributed by atoms with Crippen LogP contribution in [0.15, 0.2) is 18.5 Å². The second kappa shape index (κ2) is 2.50. The van der Waals surface area contributed by atoms with E-state index in [9.17, 15) is 4.39 Å². The van der Waals surface area contributed by atoms with Gasteiger partial charge in [-0.2, -0.15) is 0 Å². The van der Waals surface area contributed by atoms with Gasteiger partial charge in [-0.05, 0) is 11.6 Å². The SMILES string of the molecule is FCCc1cc[nH]c1. The molecule has 8 heavy (non-hydrogen) atoms. The van der Waals surface area contributed by atoms with Crippen LogP contribution >= 0.6 is 0 Å². The van der Waals surface area contributed by atoms with Crippen molar-refractivity contribution in [1.29, 1.82) is 0 Å². The zero-order valence-corrected chi connectivity index (χ0v) is 4.52. The van der Waals surface area contributed by atoms with Crippen molar-refractivity contribution in [2.45, 2.75) is 6.42 Å². The first-order valence-electron chi connectivity index (χ1n) is 2.61. The van der Waals surface area contributed by atoms with Crippen LogP contribution in [0.3, 0.4) is 0 Å². The maximum absolute atomic E-state index is 11.5. The molecule has 1 rings (SSSR count). The number of rotatable bonds is 2. The van der Waals surface area contributed by atoms with Crippen LogP contribution in [-0.2, 0) is 6.42 Å². The summed E-state index contributed by atoms with van der Waals surface area (Å²) in [5.74, 6) is 0. The van der Waals surface area contributed by atoms with E-state index in [0.717, 1.165) is 5.56 Å². The zero-order valence-electron chi connectivity index (χ0n) is 4.52. The molecule has 0 aliphatic rings. The highest BCUT2D eigenvalue weighted by molar-refractivity contribution is 5.07. The fourth-order valence-corrected chi connectivity index (χ4v) is 0.623. The highest BCUT2D eigenvalue weighted by Crippen LogP contribution is 1.96. The standard InChI is InChI=1S/C6H8FN/c7-3-1-6-2-4-8-5-6/h2,4-5,8H,1,3H2. The Hall–Kier alpha value is -0.790. The first kappa shape index (κ1) is 5.35. The van der Waals surface area contributed by atoms with Gasteiger partial charge in [0, 0.05) is 18.8 Å². The van der Waals surface area contributed by atoms with E-state index in [1.165, 1.54) is 0 Å². The van der Waals surface area contributed by atoms with Crippen LogP contribution < -0.4 is 0 Å². The number of nitrogens with one attached hydrogen (secondary N) is 1. The molecule has 0 amide bonds. The summed E-state index contributed by atoms with van der Waals surface area (Å²) < 4.78 is 11.5. The lowest BCUT2D eigenvalue weighted by atomic mass is 10.3. The second-order valence-electron chi connectivity index (χ2n) is 1.66. The van der Waals surface area contributed by atoms with Crippen molar-refractivity contribution in [3.63, 3.8) is 0 Å². The molecule has 0 aliphatic heterocycles. The Kier molecular flexibility index (Phi) is 1.67. The van der Waals surface area contributed by atoms with Crippen molar-refractivity contribution >= 4 is 0 Å². The van der Waals surface area contributed by atoms with Crippen LogP contribution in [0.1, 0.15) is 5.56 Å². The number of aromatic nitrogens is 1. The molecule has 1 nitrogen and oxygen atoms in total. The molecule has 1 aromatic heterocycles. The number of hydrogen-bond acceptors (Lipinski definition) is 0. The molecule has 1 N–H and O–H groups in total. The van der Waals surface area contributed by atoms with Gasteiger partial charge in [0.15, 0.2) is 0 Å². The van der Waals surface area contributed by atoms with E-state index in [1.54, 1.807) is 12.4 Å². The summed E-state index contributed by atoms with van der Waals surface area (Å²) >= 11 is 0. The third-order valence-corrected chi connectivity index (χ3v) is 1.05. The van der Waals surface area contributed by atoms with Crippen molar-refractivity contribution in [1.82, 2.24) is 4.98 Å². The lowest BCUT2D eigenvalue weighted by molar-refractivity contribution is 0.495. The van der Waals surface area contributed by atoms with Crippen molar-refractivity contribution in [2.75, 3.05) is 6.67 Å². The topological polar surface area (TPSA) is 15.8 Å². The molecule has 1 aromatic rings. The lowest BCUT2D eigenvalue weighted by Crippen LogP contribution is -1.80. The number of aromatic amines is 1. The van der Waals surface area contributed by atoms with Gasteiger partial charge >= 0.3 is 0 Å². The van der Waals surface area contributed by atoms with Crippen molar-refractivity contribution in [3.05, 3.63) is 24.0 Å². The van der Waals surface area contributed by atoms with E-state index < -0.39 is 0 Å². The molecule has 0 spiro atoms. The molecule has 1 heterocycles. The van der Waals surface area contributed by atoms with Gasteiger partial charge < -0.3 is 4.98 Å². The molecule has 0 fully saturated rings. The van der Waals surface area contributed by atoms with Crippen LogP contribution in [-0.4, -0.2) is 11.7 Å². The molecule has 2 heteroatoms. The fourth-order valence-electron chi connectivity index (χ4n) is 0.623. The van der Waals surface area contributed by atoms with Gasteiger partial charge in [0.1, 0.15) is 0 Å². The predicted molar refractivity (Wildman–Crippen MR) is 30.5 cm³/mol. The predicted octanol–water partition coefficient (Wildman–Crippen LogP) is 1.53.